The minimum atomic E-state index is -0.469. The highest BCUT2D eigenvalue weighted by Gasteiger charge is 2.63. The van der Waals surface area contributed by atoms with Crippen molar-refractivity contribution in [2.75, 3.05) is 0 Å². The Labute approximate surface area is 135 Å². The highest BCUT2D eigenvalue weighted by molar-refractivity contribution is 5.79. The van der Waals surface area contributed by atoms with Crippen molar-refractivity contribution in [3.63, 3.8) is 0 Å². The normalized spacial score (nSPS) is 57.9. The molecule has 0 aromatic rings. The van der Waals surface area contributed by atoms with E-state index in [4.69, 9.17) is 0 Å². The summed E-state index contributed by atoms with van der Waals surface area (Å²) in [6.45, 7) is 6.94. The summed E-state index contributed by atoms with van der Waals surface area (Å²) < 4.78 is 0. The molecule has 0 heterocycles. The fraction of sp³-hybridized carbons (Fsp3) is 0.950. The summed E-state index contributed by atoms with van der Waals surface area (Å²) in [5.74, 6) is 3.44. The summed E-state index contributed by atoms with van der Waals surface area (Å²) in [7, 11) is 0. The number of carbonyl (C=O) groups excluding carboxylic acids is 1. The zero-order chi connectivity index (χ0) is 15.8. The number of rotatable bonds is 0. The maximum absolute atomic E-state index is 11.9. The average Bonchev–Trinajstić information content (AvgIpc) is 2.70. The summed E-state index contributed by atoms with van der Waals surface area (Å²) >= 11 is 0. The van der Waals surface area contributed by atoms with Crippen LogP contribution in [0.15, 0.2) is 0 Å². The van der Waals surface area contributed by atoms with Crippen molar-refractivity contribution in [2.24, 2.45) is 34.5 Å². The predicted octanol–water partition coefficient (Wildman–Crippen LogP) is 4.35. The third-order valence-electron chi connectivity index (χ3n) is 9.04. The van der Waals surface area contributed by atoms with Gasteiger partial charge >= 0.3 is 0 Å². The van der Waals surface area contributed by atoms with Gasteiger partial charge in [0.1, 0.15) is 5.78 Å². The van der Waals surface area contributed by atoms with Gasteiger partial charge in [-0.1, -0.05) is 13.8 Å². The van der Waals surface area contributed by atoms with Crippen LogP contribution in [-0.2, 0) is 4.79 Å². The number of hydrogen-bond acceptors (Lipinski definition) is 2. The van der Waals surface area contributed by atoms with E-state index in [1.807, 2.05) is 0 Å². The van der Waals surface area contributed by atoms with Crippen molar-refractivity contribution >= 4 is 5.78 Å². The van der Waals surface area contributed by atoms with E-state index in [2.05, 4.69) is 20.8 Å². The lowest BCUT2D eigenvalue weighted by molar-refractivity contribution is -0.152. The van der Waals surface area contributed by atoms with Crippen LogP contribution in [0.5, 0.6) is 0 Å². The second kappa shape index (κ2) is 4.59. The first-order chi connectivity index (χ1) is 10.3. The molecule has 124 valence electrons. The molecule has 0 bridgehead atoms. The van der Waals surface area contributed by atoms with Crippen LogP contribution in [0.25, 0.3) is 0 Å². The topological polar surface area (TPSA) is 37.3 Å². The van der Waals surface area contributed by atoms with Gasteiger partial charge in [-0.25, -0.2) is 0 Å². The molecule has 0 aromatic carbocycles. The Kier molecular flexibility index (Phi) is 3.16. The number of ketones is 1. The van der Waals surface area contributed by atoms with E-state index in [1.54, 1.807) is 0 Å². The van der Waals surface area contributed by atoms with Crippen LogP contribution in [0.1, 0.15) is 78.6 Å². The van der Waals surface area contributed by atoms with E-state index in [1.165, 1.54) is 32.1 Å². The van der Waals surface area contributed by atoms with Crippen molar-refractivity contribution in [1.82, 2.24) is 0 Å². The second-order valence-corrected chi connectivity index (χ2v) is 9.67. The lowest BCUT2D eigenvalue weighted by Gasteiger charge is -2.60. The van der Waals surface area contributed by atoms with E-state index in [-0.39, 0.29) is 5.41 Å². The van der Waals surface area contributed by atoms with Crippen molar-refractivity contribution in [1.29, 1.82) is 0 Å². The van der Waals surface area contributed by atoms with Gasteiger partial charge in [-0.05, 0) is 86.4 Å². The third-order valence-corrected chi connectivity index (χ3v) is 9.04. The maximum atomic E-state index is 11.9. The highest BCUT2D eigenvalue weighted by atomic mass is 16.3. The van der Waals surface area contributed by atoms with Crippen molar-refractivity contribution in [2.45, 2.75) is 84.2 Å². The van der Waals surface area contributed by atoms with Gasteiger partial charge in [0.2, 0.25) is 0 Å². The van der Waals surface area contributed by atoms with Gasteiger partial charge in [0, 0.05) is 12.8 Å². The Bertz CT molecular complexity index is 496. The molecule has 0 aromatic heterocycles. The summed E-state index contributed by atoms with van der Waals surface area (Å²) in [5.41, 5.74) is 0.0530. The molecule has 4 saturated carbocycles. The minimum absolute atomic E-state index is 0.127. The van der Waals surface area contributed by atoms with Gasteiger partial charge in [-0.15, -0.1) is 0 Å². The van der Waals surface area contributed by atoms with Crippen molar-refractivity contribution in [3.05, 3.63) is 0 Å². The molecule has 22 heavy (non-hydrogen) atoms. The van der Waals surface area contributed by atoms with E-state index >= 15 is 0 Å². The number of Topliss-reactive ketones (excluding diaryl/α,β-unsaturated/α-hetero) is 1. The Hall–Kier alpha value is -0.370. The SMILES string of the molecule is C[C@]12CCC(=O)C[C@@H]1CC[C@@H]1[C@H]3CC[C@](C)(O)[C@@]3(C)CC[C@@H]12. The number of fused-ring (bicyclic) bond motifs is 5. The summed E-state index contributed by atoms with van der Waals surface area (Å²) in [6, 6.07) is 0. The molecule has 0 saturated heterocycles. The number of hydrogen-bond donors (Lipinski definition) is 1. The zero-order valence-electron chi connectivity index (χ0n) is 14.5. The zero-order valence-corrected chi connectivity index (χ0v) is 14.5. The molecule has 0 amide bonds. The van der Waals surface area contributed by atoms with Crippen LogP contribution in [0.2, 0.25) is 0 Å². The standard InChI is InChI=1S/C20H32O2/c1-18-9-6-14(21)12-13(18)4-5-15-16(18)7-10-19(2)17(15)8-11-20(19,3)22/h13,15-17,22H,4-12H2,1-3H3/t13-,15-,16-,17+,18-,19-,20-/m0/s1. The van der Waals surface area contributed by atoms with Crippen LogP contribution < -0.4 is 0 Å². The lowest BCUT2D eigenvalue weighted by Crippen LogP contribution is -2.55. The molecular weight excluding hydrogens is 272 g/mol. The number of carbonyl (C=O) groups is 1. The smallest absolute Gasteiger partial charge is 0.133 e. The van der Waals surface area contributed by atoms with Crippen molar-refractivity contribution < 1.29 is 9.90 Å². The molecule has 1 N–H and O–H groups in total. The molecule has 4 aliphatic carbocycles. The van der Waals surface area contributed by atoms with Gasteiger partial charge in [-0.3, -0.25) is 4.79 Å². The Morgan fingerprint density at radius 1 is 0.955 bits per heavy atom. The molecule has 0 radical (unpaired) electrons. The van der Waals surface area contributed by atoms with E-state index in [0.29, 0.717) is 23.0 Å². The first-order valence-corrected chi connectivity index (χ1v) is 9.52. The van der Waals surface area contributed by atoms with E-state index in [0.717, 1.165) is 37.5 Å². The van der Waals surface area contributed by atoms with Gasteiger partial charge in [0.25, 0.3) is 0 Å². The molecule has 2 nitrogen and oxygen atoms in total. The molecule has 2 heteroatoms. The number of aliphatic hydroxyl groups is 1. The fourth-order valence-electron chi connectivity index (χ4n) is 7.29. The minimum Gasteiger partial charge on any atom is -0.390 e. The van der Waals surface area contributed by atoms with E-state index in [9.17, 15) is 9.90 Å². The van der Waals surface area contributed by atoms with Gasteiger partial charge in [0.15, 0.2) is 0 Å². The summed E-state index contributed by atoms with van der Waals surface area (Å²) in [5, 5.41) is 10.9. The van der Waals surface area contributed by atoms with Crippen LogP contribution >= 0.6 is 0 Å². The first kappa shape index (κ1) is 15.2. The maximum Gasteiger partial charge on any atom is 0.133 e. The molecule has 0 spiro atoms. The van der Waals surface area contributed by atoms with Gasteiger partial charge in [-0.2, -0.15) is 0 Å². The lowest BCUT2D eigenvalue weighted by atomic mass is 9.44. The fourth-order valence-corrected chi connectivity index (χ4v) is 7.29. The Balaban J connectivity index is 1.65. The van der Waals surface area contributed by atoms with Crippen molar-refractivity contribution in [3.8, 4) is 0 Å². The summed E-state index contributed by atoms with van der Waals surface area (Å²) in [4.78, 5) is 11.9. The molecule has 4 aliphatic rings. The molecule has 0 aliphatic heterocycles. The molecule has 7 atom stereocenters. The Morgan fingerprint density at radius 2 is 1.68 bits per heavy atom. The van der Waals surface area contributed by atoms with Crippen LogP contribution in [0, 0.1) is 34.5 Å². The Morgan fingerprint density at radius 3 is 2.45 bits per heavy atom. The average molecular weight is 304 g/mol. The molecule has 4 fully saturated rings. The highest BCUT2D eigenvalue weighted by Crippen LogP contribution is 2.67. The largest absolute Gasteiger partial charge is 0.390 e. The quantitative estimate of drug-likeness (QED) is 0.722. The molecule has 0 unspecified atom stereocenters. The van der Waals surface area contributed by atoms with Gasteiger partial charge < -0.3 is 5.11 Å². The van der Waals surface area contributed by atoms with Crippen LogP contribution in [-0.4, -0.2) is 16.5 Å². The predicted molar refractivity (Wildman–Crippen MR) is 87.4 cm³/mol. The third kappa shape index (κ3) is 1.79. The summed E-state index contributed by atoms with van der Waals surface area (Å²) in [6.07, 6.45) is 9.98. The van der Waals surface area contributed by atoms with Gasteiger partial charge in [0.05, 0.1) is 5.60 Å². The molecular formula is C20H32O2. The van der Waals surface area contributed by atoms with Crippen LogP contribution in [0.3, 0.4) is 0 Å². The first-order valence-electron chi connectivity index (χ1n) is 9.52. The molecule has 4 rings (SSSR count). The second-order valence-electron chi connectivity index (χ2n) is 9.67. The monoisotopic (exact) mass is 304 g/mol. The van der Waals surface area contributed by atoms with E-state index < -0.39 is 5.60 Å². The van der Waals surface area contributed by atoms with Crippen LogP contribution in [0.4, 0.5) is 0 Å².